The van der Waals surface area contributed by atoms with E-state index in [1.165, 1.54) is 0 Å². The van der Waals surface area contributed by atoms with Gasteiger partial charge in [0, 0.05) is 38.3 Å². The molecular formula is C26H33ClN6O2. The SMILES string of the molecule is Cc1c(C(=O)N2CCCCNC(=O)CC(c3ccccc3)NCCC2)cnn1-c1ccccn1.Cl. The van der Waals surface area contributed by atoms with Gasteiger partial charge in [-0.3, -0.25) is 9.59 Å². The predicted molar refractivity (Wildman–Crippen MR) is 138 cm³/mol. The van der Waals surface area contributed by atoms with Gasteiger partial charge in [-0.1, -0.05) is 36.4 Å². The van der Waals surface area contributed by atoms with E-state index in [4.69, 9.17) is 0 Å². The number of hydrogen-bond donors (Lipinski definition) is 2. The van der Waals surface area contributed by atoms with Crippen LogP contribution in [0.5, 0.6) is 0 Å². The van der Waals surface area contributed by atoms with Crippen molar-refractivity contribution in [2.45, 2.75) is 38.6 Å². The van der Waals surface area contributed by atoms with Gasteiger partial charge in [-0.15, -0.1) is 12.4 Å². The molecule has 8 nitrogen and oxygen atoms in total. The molecule has 3 heterocycles. The monoisotopic (exact) mass is 496 g/mol. The number of carbonyl (C=O) groups is 2. The summed E-state index contributed by atoms with van der Waals surface area (Å²) in [5.41, 5.74) is 2.47. The van der Waals surface area contributed by atoms with Gasteiger partial charge in [-0.2, -0.15) is 5.10 Å². The smallest absolute Gasteiger partial charge is 0.257 e. The van der Waals surface area contributed by atoms with E-state index in [9.17, 15) is 9.59 Å². The van der Waals surface area contributed by atoms with Crippen LogP contribution in [0.1, 0.15) is 53.3 Å². The quantitative estimate of drug-likeness (QED) is 0.579. The largest absolute Gasteiger partial charge is 0.356 e. The normalized spacial score (nSPS) is 17.8. The summed E-state index contributed by atoms with van der Waals surface area (Å²) in [7, 11) is 0. The number of pyridine rings is 1. The third-order valence-corrected chi connectivity index (χ3v) is 6.16. The predicted octanol–water partition coefficient (Wildman–Crippen LogP) is 3.46. The van der Waals surface area contributed by atoms with Gasteiger partial charge in [0.15, 0.2) is 5.82 Å². The van der Waals surface area contributed by atoms with Crippen molar-refractivity contribution in [2.24, 2.45) is 0 Å². The Balaban J connectivity index is 0.00000342. The molecule has 0 aliphatic carbocycles. The molecule has 1 aliphatic heterocycles. The van der Waals surface area contributed by atoms with Crippen molar-refractivity contribution < 1.29 is 9.59 Å². The first-order valence-corrected chi connectivity index (χ1v) is 11.9. The van der Waals surface area contributed by atoms with E-state index in [0.29, 0.717) is 44.0 Å². The maximum absolute atomic E-state index is 13.5. The average molecular weight is 497 g/mol. The van der Waals surface area contributed by atoms with Crippen LogP contribution in [-0.2, 0) is 4.79 Å². The molecule has 35 heavy (non-hydrogen) atoms. The fourth-order valence-corrected chi connectivity index (χ4v) is 4.27. The summed E-state index contributed by atoms with van der Waals surface area (Å²) in [6.07, 6.45) is 6.20. The number of amides is 2. The molecule has 0 spiro atoms. The first kappa shape index (κ1) is 26.4. The zero-order valence-electron chi connectivity index (χ0n) is 20.0. The van der Waals surface area contributed by atoms with Crippen molar-refractivity contribution in [1.82, 2.24) is 30.3 Å². The zero-order chi connectivity index (χ0) is 23.8. The third kappa shape index (κ3) is 6.90. The van der Waals surface area contributed by atoms with Crippen LogP contribution >= 0.6 is 12.4 Å². The third-order valence-electron chi connectivity index (χ3n) is 6.16. The van der Waals surface area contributed by atoms with Crippen LogP contribution in [0.2, 0.25) is 0 Å². The zero-order valence-corrected chi connectivity index (χ0v) is 20.8. The van der Waals surface area contributed by atoms with Gasteiger partial charge < -0.3 is 15.5 Å². The summed E-state index contributed by atoms with van der Waals surface area (Å²) in [5.74, 6) is 0.722. The minimum atomic E-state index is -0.0510. The fraction of sp³-hybridized carbons (Fsp3) is 0.385. The Morgan fingerprint density at radius 1 is 1.00 bits per heavy atom. The number of benzene rings is 1. The van der Waals surface area contributed by atoms with Gasteiger partial charge in [0.2, 0.25) is 5.91 Å². The number of nitrogens with zero attached hydrogens (tertiary/aromatic N) is 4. The van der Waals surface area contributed by atoms with E-state index in [1.807, 2.05) is 60.4 Å². The first-order valence-electron chi connectivity index (χ1n) is 11.9. The van der Waals surface area contributed by atoms with E-state index in [-0.39, 0.29) is 30.3 Å². The lowest BCUT2D eigenvalue weighted by molar-refractivity contribution is -0.121. The van der Waals surface area contributed by atoms with Gasteiger partial charge in [-0.25, -0.2) is 9.67 Å². The highest BCUT2D eigenvalue weighted by atomic mass is 35.5. The highest BCUT2D eigenvalue weighted by Crippen LogP contribution is 2.18. The molecule has 2 amide bonds. The molecule has 3 aromatic rings. The minimum Gasteiger partial charge on any atom is -0.356 e. The van der Waals surface area contributed by atoms with Crippen LogP contribution < -0.4 is 10.6 Å². The van der Waals surface area contributed by atoms with E-state index < -0.39 is 0 Å². The van der Waals surface area contributed by atoms with E-state index in [2.05, 4.69) is 20.7 Å². The molecule has 2 N–H and O–H groups in total. The van der Waals surface area contributed by atoms with Crippen LogP contribution in [0.3, 0.4) is 0 Å². The molecule has 2 aromatic heterocycles. The molecule has 4 rings (SSSR count). The molecule has 186 valence electrons. The molecule has 1 aliphatic rings. The lowest BCUT2D eigenvalue weighted by atomic mass is 10.0. The van der Waals surface area contributed by atoms with Gasteiger partial charge in [0.1, 0.15) is 0 Å². The molecule has 1 aromatic carbocycles. The molecule has 9 heteroatoms. The number of carbonyl (C=O) groups excluding carboxylic acids is 2. The van der Waals surface area contributed by atoms with Crippen LogP contribution in [0.25, 0.3) is 5.82 Å². The summed E-state index contributed by atoms with van der Waals surface area (Å²) in [6, 6.07) is 15.6. The van der Waals surface area contributed by atoms with Gasteiger partial charge in [0.25, 0.3) is 5.91 Å². The number of hydrogen-bond acceptors (Lipinski definition) is 5. The highest BCUT2D eigenvalue weighted by Gasteiger charge is 2.22. The molecular weight excluding hydrogens is 464 g/mol. The average Bonchev–Trinajstić information content (AvgIpc) is 3.26. The topological polar surface area (TPSA) is 92.2 Å². The Labute approximate surface area is 212 Å². The molecule has 1 atom stereocenters. The van der Waals surface area contributed by atoms with E-state index in [0.717, 1.165) is 30.5 Å². The van der Waals surface area contributed by atoms with Crippen molar-refractivity contribution >= 4 is 24.2 Å². The Hall–Kier alpha value is -3.23. The van der Waals surface area contributed by atoms with Crippen molar-refractivity contribution in [3.05, 3.63) is 77.7 Å². The Bertz CT molecular complexity index is 1090. The van der Waals surface area contributed by atoms with Crippen molar-refractivity contribution in [2.75, 3.05) is 26.2 Å². The Kier molecular flexibility index (Phi) is 9.81. The number of halogens is 1. The number of rotatable bonds is 3. The maximum atomic E-state index is 13.5. The van der Waals surface area contributed by atoms with Gasteiger partial charge in [-0.05, 0) is 50.4 Å². The van der Waals surface area contributed by atoms with E-state index >= 15 is 0 Å². The summed E-state index contributed by atoms with van der Waals surface area (Å²) in [4.78, 5) is 32.2. The molecule has 1 saturated heterocycles. The highest BCUT2D eigenvalue weighted by molar-refractivity contribution is 5.95. The lowest BCUT2D eigenvalue weighted by Crippen LogP contribution is -2.35. The molecule has 1 unspecified atom stereocenters. The van der Waals surface area contributed by atoms with Crippen molar-refractivity contribution in [3.63, 3.8) is 0 Å². The maximum Gasteiger partial charge on any atom is 0.257 e. The summed E-state index contributed by atoms with van der Waals surface area (Å²) in [6.45, 7) is 4.51. The van der Waals surface area contributed by atoms with Crippen LogP contribution in [0, 0.1) is 6.92 Å². The molecule has 0 saturated carbocycles. The molecule has 1 fully saturated rings. The van der Waals surface area contributed by atoms with Gasteiger partial charge >= 0.3 is 0 Å². The number of nitrogens with one attached hydrogen (secondary N) is 2. The van der Waals surface area contributed by atoms with Crippen LogP contribution in [0.4, 0.5) is 0 Å². The van der Waals surface area contributed by atoms with E-state index in [1.54, 1.807) is 17.1 Å². The number of aromatic nitrogens is 3. The lowest BCUT2D eigenvalue weighted by Gasteiger charge is -2.23. The summed E-state index contributed by atoms with van der Waals surface area (Å²) in [5, 5.41) is 11.0. The Morgan fingerprint density at radius 2 is 1.77 bits per heavy atom. The van der Waals surface area contributed by atoms with Crippen LogP contribution in [0.15, 0.2) is 60.9 Å². The second kappa shape index (κ2) is 13.0. The first-order chi connectivity index (χ1) is 16.6. The van der Waals surface area contributed by atoms with Crippen molar-refractivity contribution in [1.29, 1.82) is 0 Å². The second-order valence-electron chi connectivity index (χ2n) is 8.57. The summed E-state index contributed by atoms with van der Waals surface area (Å²) >= 11 is 0. The summed E-state index contributed by atoms with van der Waals surface area (Å²) < 4.78 is 1.70. The standard InChI is InChI=1S/C26H32N6O2.ClH/c1-20-22(19-30-32(20)24-12-5-6-13-28-24)26(34)31-16-8-7-14-29-25(33)18-23(27-15-9-17-31)21-10-3-2-4-11-21;/h2-6,10-13,19,23,27H,7-9,14-18H2,1H3,(H,29,33);1H. The molecule has 0 bridgehead atoms. The molecule has 0 radical (unpaired) electrons. The van der Waals surface area contributed by atoms with Crippen LogP contribution in [-0.4, -0.2) is 57.7 Å². The van der Waals surface area contributed by atoms with Gasteiger partial charge in [0.05, 0.1) is 17.5 Å². The Morgan fingerprint density at radius 3 is 2.54 bits per heavy atom. The minimum absolute atomic E-state index is 0. The second-order valence-corrected chi connectivity index (χ2v) is 8.57. The van der Waals surface area contributed by atoms with Crippen molar-refractivity contribution in [3.8, 4) is 5.82 Å². The fourth-order valence-electron chi connectivity index (χ4n) is 4.27.